The molecule has 8 aromatic carbocycles. The summed E-state index contributed by atoms with van der Waals surface area (Å²) in [5.74, 6) is 0. The molecule has 10 aromatic rings. The molecule has 51 heavy (non-hydrogen) atoms. The maximum absolute atomic E-state index is 6.38. The van der Waals surface area contributed by atoms with Gasteiger partial charge in [-0.1, -0.05) is 127 Å². The molecule has 0 spiro atoms. The number of pyridine rings is 1. The van der Waals surface area contributed by atoms with Crippen LogP contribution in [0.3, 0.4) is 0 Å². The van der Waals surface area contributed by atoms with Crippen LogP contribution >= 0.6 is 11.8 Å². The van der Waals surface area contributed by atoms with Gasteiger partial charge in [-0.25, -0.2) is 4.98 Å². The van der Waals surface area contributed by atoms with E-state index in [1.54, 1.807) is 0 Å². The van der Waals surface area contributed by atoms with Gasteiger partial charge in [0, 0.05) is 47.7 Å². The summed E-state index contributed by atoms with van der Waals surface area (Å²) in [6.07, 6.45) is 0. The second-order valence-corrected chi connectivity index (χ2v) is 14.2. The molecule has 0 radical (unpaired) electrons. The Kier molecular flexibility index (Phi) is 6.18. The van der Waals surface area contributed by atoms with Gasteiger partial charge >= 0.3 is 0 Å². The molecule has 238 valence electrons. The lowest BCUT2D eigenvalue weighted by molar-refractivity contribution is 0.669. The Morgan fingerprint density at radius 1 is 0.431 bits per heavy atom. The van der Waals surface area contributed by atoms with Gasteiger partial charge in [0.05, 0.1) is 28.3 Å². The molecular weight excluding hydrogens is 641 g/mol. The molecule has 0 saturated heterocycles. The molecule has 4 heteroatoms. The van der Waals surface area contributed by atoms with Crippen molar-refractivity contribution in [2.24, 2.45) is 0 Å². The van der Waals surface area contributed by atoms with Crippen LogP contribution in [0.4, 0.5) is 17.1 Å². The first-order valence-corrected chi connectivity index (χ1v) is 18.0. The molecule has 11 rings (SSSR count). The smallest absolute Gasteiger partial charge is 0.136 e. The highest BCUT2D eigenvalue weighted by atomic mass is 32.2. The van der Waals surface area contributed by atoms with Crippen LogP contribution in [0.5, 0.6) is 0 Å². The van der Waals surface area contributed by atoms with Crippen molar-refractivity contribution in [2.75, 3.05) is 4.90 Å². The van der Waals surface area contributed by atoms with E-state index in [2.05, 4.69) is 169 Å². The largest absolute Gasteiger partial charge is 0.456 e. The number of hydrogen-bond donors (Lipinski definition) is 0. The zero-order valence-electron chi connectivity index (χ0n) is 27.4. The van der Waals surface area contributed by atoms with E-state index < -0.39 is 0 Å². The summed E-state index contributed by atoms with van der Waals surface area (Å²) >= 11 is 1.83. The number of furan rings is 1. The van der Waals surface area contributed by atoms with Gasteiger partial charge in [-0.3, -0.25) is 0 Å². The lowest BCUT2D eigenvalue weighted by Crippen LogP contribution is -2.15. The summed E-state index contributed by atoms with van der Waals surface area (Å²) in [5, 5.41) is 8.07. The van der Waals surface area contributed by atoms with E-state index in [1.165, 1.54) is 48.6 Å². The second kappa shape index (κ2) is 11.1. The summed E-state index contributed by atoms with van der Waals surface area (Å²) in [6, 6.07) is 60.7. The summed E-state index contributed by atoms with van der Waals surface area (Å²) in [7, 11) is 0. The number of aromatic nitrogens is 1. The third kappa shape index (κ3) is 4.30. The fourth-order valence-corrected chi connectivity index (χ4v) is 9.05. The number of anilines is 3. The Balaban J connectivity index is 1.16. The summed E-state index contributed by atoms with van der Waals surface area (Å²) in [5.41, 5.74) is 10.7. The van der Waals surface area contributed by atoms with Gasteiger partial charge in [0.2, 0.25) is 0 Å². The fraction of sp³-hybridized carbons (Fsp3) is 0. The molecule has 3 heterocycles. The van der Waals surface area contributed by atoms with Crippen molar-refractivity contribution in [2.45, 2.75) is 9.79 Å². The van der Waals surface area contributed by atoms with E-state index in [0.29, 0.717) is 0 Å². The quantitative estimate of drug-likeness (QED) is 0.175. The third-order valence-electron chi connectivity index (χ3n) is 10.2. The summed E-state index contributed by atoms with van der Waals surface area (Å²) < 4.78 is 6.38. The lowest BCUT2D eigenvalue weighted by Gasteiger charge is -2.33. The average Bonchev–Trinajstić information content (AvgIpc) is 3.58. The first-order valence-electron chi connectivity index (χ1n) is 17.2. The Morgan fingerprint density at radius 3 is 1.90 bits per heavy atom. The van der Waals surface area contributed by atoms with Crippen molar-refractivity contribution in [1.82, 2.24) is 4.98 Å². The molecular formula is C47H28N2OS. The minimum absolute atomic E-state index is 0.889. The van der Waals surface area contributed by atoms with Crippen LogP contribution in [0, 0.1) is 0 Å². The van der Waals surface area contributed by atoms with Crippen LogP contribution in [0.15, 0.2) is 184 Å². The van der Waals surface area contributed by atoms with E-state index >= 15 is 0 Å². The molecule has 0 atom stereocenters. The van der Waals surface area contributed by atoms with Crippen molar-refractivity contribution >= 4 is 83.2 Å². The van der Waals surface area contributed by atoms with Crippen LogP contribution < -0.4 is 4.90 Å². The van der Waals surface area contributed by atoms with Gasteiger partial charge < -0.3 is 9.32 Å². The van der Waals surface area contributed by atoms with Crippen molar-refractivity contribution in [3.05, 3.63) is 170 Å². The van der Waals surface area contributed by atoms with Gasteiger partial charge in [0.15, 0.2) is 0 Å². The molecule has 0 N–H and O–H groups in total. The highest BCUT2D eigenvalue weighted by molar-refractivity contribution is 7.99. The van der Waals surface area contributed by atoms with Crippen LogP contribution in [0.1, 0.15) is 0 Å². The molecule has 0 aliphatic carbocycles. The lowest BCUT2D eigenvalue weighted by atomic mass is 9.93. The normalized spacial score (nSPS) is 12.6. The first kappa shape index (κ1) is 28.5. The Morgan fingerprint density at radius 2 is 1.10 bits per heavy atom. The van der Waals surface area contributed by atoms with Crippen LogP contribution in [-0.2, 0) is 0 Å². The molecule has 1 aliphatic heterocycles. The Hall–Kier alpha value is -6.36. The van der Waals surface area contributed by atoms with Crippen LogP contribution in [-0.4, -0.2) is 4.98 Å². The van der Waals surface area contributed by atoms with E-state index in [-0.39, 0.29) is 0 Å². The standard InChI is InChI=1S/C47H28N2OS/c1-2-12-29(13-3-1)47-36-25-27-42-46(35-16-6-9-19-41(35)50-42)45(36)34-23-22-30(28-37(34)48-47)31-24-26-38(33-15-5-4-14-32(31)33)49-39-17-7-10-20-43(39)51-44-21-11-8-18-40(44)49/h1-28H. The Labute approximate surface area is 298 Å². The molecule has 0 fully saturated rings. The number of para-hydroxylation sites is 3. The van der Waals surface area contributed by atoms with Gasteiger partial charge in [0.25, 0.3) is 0 Å². The molecule has 2 aromatic heterocycles. The van der Waals surface area contributed by atoms with Crippen molar-refractivity contribution in [1.29, 1.82) is 0 Å². The number of benzene rings is 8. The average molecular weight is 669 g/mol. The number of fused-ring (bicyclic) bond motifs is 10. The molecule has 3 nitrogen and oxygen atoms in total. The molecule has 0 saturated carbocycles. The van der Waals surface area contributed by atoms with Gasteiger partial charge in [-0.05, 0) is 71.1 Å². The van der Waals surface area contributed by atoms with Crippen molar-refractivity contribution in [3.63, 3.8) is 0 Å². The number of rotatable bonds is 3. The molecule has 1 aliphatic rings. The fourth-order valence-electron chi connectivity index (χ4n) is 7.99. The zero-order chi connectivity index (χ0) is 33.5. The predicted molar refractivity (Wildman–Crippen MR) is 214 cm³/mol. The van der Waals surface area contributed by atoms with Crippen LogP contribution in [0.25, 0.3) is 76.8 Å². The number of nitrogens with zero attached hydrogens (tertiary/aromatic N) is 2. The van der Waals surface area contributed by atoms with E-state index in [1.807, 2.05) is 17.8 Å². The van der Waals surface area contributed by atoms with Gasteiger partial charge in [0.1, 0.15) is 11.2 Å². The second-order valence-electron chi connectivity index (χ2n) is 13.1. The number of hydrogen-bond acceptors (Lipinski definition) is 4. The van der Waals surface area contributed by atoms with E-state index in [0.717, 1.165) is 55.0 Å². The minimum Gasteiger partial charge on any atom is -0.456 e. The molecule has 0 unspecified atom stereocenters. The molecule has 0 amide bonds. The van der Waals surface area contributed by atoms with E-state index in [4.69, 9.17) is 9.40 Å². The maximum atomic E-state index is 6.38. The van der Waals surface area contributed by atoms with Crippen molar-refractivity contribution in [3.8, 4) is 22.4 Å². The zero-order valence-corrected chi connectivity index (χ0v) is 28.2. The van der Waals surface area contributed by atoms with Crippen LogP contribution in [0.2, 0.25) is 0 Å². The highest BCUT2D eigenvalue weighted by Gasteiger charge is 2.26. The van der Waals surface area contributed by atoms with Gasteiger partial charge in [-0.2, -0.15) is 0 Å². The third-order valence-corrected chi connectivity index (χ3v) is 11.4. The predicted octanol–water partition coefficient (Wildman–Crippen LogP) is 13.7. The van der Waals surface area contributed by atoms with E-state index in [9.17, 15) is 0 Å². The SMILES string of the molecule is c1ccc(-c2nc3cc(-c4ccc(N5c6ccccc6Sc6ccccc65)c5ccccc45)ccc3c3c2ccc2oc4ccccc4c23)cc1. The summed E-state index contributed by atoms with van der Waals surface area (Å²) in [6.45, 7) is 0. The summed E-state index contributed by atoms with van der Waals surface area (Å²) in [4.78, 5) is 10.3. The Bertz CT molecular complexity index is 2970. The maximum Gasteiger partial charge on any atom is 0.136 e. The van der Waals surface area contributed by atoms with Gasteiger partial charge in [-0.15, -0.1) is 0 Å². The minimum atomic E-state index is 0.889. The van der Waals surface area contributed by atoms with Crippen molar-refractivity contribution < 1.29 is 4.42 Å². The molecule has 0 bridgehead atoms. The monoisotopic (exact) mass is 668 g/mol. The first-order chi connectivity index (χ1) is 25.3. The topological polar surface area (TPSA) is 29.3 Å². The highest BCUT2D eigenvalue weighted by Crippen LogP contribution is 2.53.